The van der Waals surface area contributed by atoms with Gasteiger partial charge in [0.2, 0.25) is 0 Å². The number of hydrogen-bond acceptors (Lipinski definition) is 3. The van der Waals surface area contributed by atoms with Crippen molar-refractivity contribution in [2.75, 3.05) is 26.9 Å². The molecule has 4 fully saturated rings. The Morgan fingerprint density at radius 2 is 1.82 bits per heavy atom. The molecule has 162 valence electrons. The molecule has 9 unspecified atom stereocenters. The molecule has 9 atom stereocenters. The topological polar surface area (TPSA) is 38.7 Å². The van der Waals surface area contributed by atoms with Gasteiger partial charge in [0.05, 0.1) is 25.9 Å². The lowest BCUT2D eigenvalue weighted by atomic mass is 9.44. The average Bonchev–Trinajstić information content (AvgIpc) is 3.03. The summed E-state index contributed by atoms with van der Waals surface area (Å²) in [5, 5.41) is 10.5. The van der Waals surface area contributed by atoms with Gasteiger partial charge in [0.1, 0.15) is 0 Å². The first kappa shape index (κ1) is 21.1. The highest BCUT2D eigenvalue weighted by atomic mass is 16.5. The molecule has 3 heteroatoms. The predicted molar refractivity (Wildman–Crippen MR) is 113 cm³/mol. The molecule has 0 spiro atoms. The molecule has 1 N–H and O–H groups in total. The van der Waals surface area contributed by atoms with Crippen LogP contribution in [0.2, 0.25) is 0 Å². The molecule has 0 aromatic rings. The summed E-state index contributed by atoms with van der Waals surface area (Å²) in [5.41, 5.74) is 0.773. The van der Waals surface area contributed by atoms with Crippen LogP contribution in [0.25, 0.3) is 0 Å². The molecule has 0 aromatic heterocycles. The van der Waals surface area contributed by atoms with Crippen LogP contribution in [-0.4, -0.2) is 38.1 Å². The van der Waals surface area contributed by atoms with E-state index in [1.54, 1.807) is 7.11 Å². The van der Waals surface area contributed by atoms with Gasteiger partial charge in [-0.15, -0.1) is 0 Å². The van der Waals surface area contributed by atoms with Crippen molar-refractivity contribution < 1.29 is 14.6 Å². The predicted octanol–water partition coefficient (Wildman–Crippen LogP) is 5.31. The van der Waals surface area contributed by atoms with Crippen LogP contribution in [0.15, 0.2) is 0 Å². The molecule has 4 saturated carbocycles. The fourth-order valence-electron chi connectivity index (χ4n) is 8.78. The Balaban J connectivity index is 1.57. The molecular weight excluding hydrogens is 348 g/mol. The molecular formula is C25H44O3. The minimum atomic E-state index is -0.148. The third-order valence-electron chi connectivity index (χ3n) is 10.1. The summed E-state index contributed by atoms with van der Waals surface area (Å²) in [5.74, 6) is 4.77. The SMILES string of the molecule is COCCOCC12CCC(C)CC1CCC1C3CCC(C(C)O)C3(C)CCC12. The van der Waals surface area contributed by atoms with Crippen LogP contribution in [-0.2, 0) is 9.47 Å². The van der Waals surface area contributed by atoms with Crippen LogP contribution in [0.1, 0.15) is 78.6 Å². The second-order valence-electron chi connectivity index (χ2n) is 11.3. The van der Waals surface area contributed by atoms with Crippen molar-refractivity contribution >= 4 is 0 Å². The Labute approximate surface area is 172 Å². The van der Waals surface area contributed by atoms with E-state index in [0.717, 1.165) is 42.8 Å². The van der Waals surface area contributed by atoms with Crippen LogP contribution in [0.4, 0.5) is 0 Å². The maximum atomic E-state index is 10.5. The molecule has 3 nitrogen and oxygen atoms in total. The Morgan fingerprint density at radius 1 is 1.00 bits per heavy atom. The minimum absolute atomic E-state index is 0.148. The van der Waals surface area contributed by atoms with E-state index in [-0.39, 0.29) is 6.10 Å². The highest BCUT2D eigenvalue weighted by Gasteiger charge is 2.61. The number of fused-ring (bicyclic) bond motifs is 5. The van der Waals surface area contributed by atoms with Crippen molar-refractivity contribution in [3.05, 3.63) is 0 Å². The third kappa shape index (κ3) is 3.38. The maximum Gasteiger partial charge on any atom is 0.0700 e. The van der Waals surface area contributed by atoms with Gasteiger partial charge in [-0.25, -0.2) is 0 Å². The van der Waals surface area contributed by atoms with E-state index in [0.29, 0.717) is 23.4 Å². The molecule has 0 radical (unpaired) electrons. The van der Waals surface area contributed by atoms with E-state index in [4.69, 9.17) is 9.47 Å². The van der Waals surface area contributed by atoms with Gasteiger partial charge in [0.15, 0.2) is 0 Å². The van der Waals surface area contributed by atoms with E-state index in [9.17, 15) is 5.11 Å². The van der Waals surface area contributed by atoms with Gasteiger partial charge in [-0.3, -0.25) is 0 Å². The molecule has 0 amide bonds. The van der Waals surface area contributed by atoms with Crippen molar-refractivity contribution in [2.45, 2.75) is 84.7 Å². The van der Waals surface area contributed by atoms with Gasteiger partial charge >= 0.3 is 0 Å². The van der Waals surface area contributed by atoms with Crippen LogP contribution >= 0.6 is 0 Å². The highest BCUT2D eigenvalue weighted by Crippen LogP contribution is 2.68. The lowest BCUT2D eigenvalue weighted by Gasteiger charge is -2.62. The Morgan fingerprint density at radius 3 is 2.57 bits per heavy atom. The van der Waals surface area contributed by atoms with Gasteiger partial charge in [-0.2, -0.15) is 0 Å². The first-order valence-electron chi connectivity index (χ1n) is 12.2. The first-order valence-corrected chi connectivity index (χ1v) is 12.2. The van der Waals surface area contributed by atoms with Crippen molar-refractivity contribution in [1.82, 2.24) is 0 Å². The van der Waals surface area contributed by atoms with E-state index in [1.807, 2.05) is 6.92 Å². The monoisotopic (exact) mass is 392 g/mol. The summed E-state index contributed by atoms with van der Waals surface area (Å²) in [6, 6.07) is 0. The average molecular weight is 393 g/mol. The Hall–Kier alpha value is -0.120. The summed E-state index contributed by atoms with van der Waals surface area (Å²) in [6.45, 7) is 9.43. The summed E-state index contributed by atoms with van der Waals surface area (Å²) < 4.78 is 11.5. The standard InChI is InChI=1S/C25H44O3/c1-17-9-12-25(16-28-14-13-27-4)19(15-17)5-6-20-22-8-7-21(18(2)26)24(22,3)11-10-23(20)25/h17-23,26H,5-16H2,1-4H3. The van der Waals surface area contributed by atoms with E-state index in [2.05, 4.69) is 13.8 Å². The first-order chi connectivity index (χ1) is 13.4. The van der Waals surface area contributed by atoms with Crippen LogP contribution in [0.5, 0.6) is 0 Å². The van der Waals surface area contributed by atoms with Crippen molar-refractivity contribution in [3.63, 3.8) is 0 Å². The fourth-order valence-corrected chi connectivity index (χ4v) is 8.78. The zero-order chi connectivity index (χ0) is 19.9. The summed E-state index contributed by atoms with van der Waals surface area (Å²) >= 11 is 0. The number of aliphatic hydroxyl groups is 1. The summed E-state index contributed by atoms with van der Waals surface area (Å²) in [6.07, 6.45) is 12.1. The summed E-state index contributed by atoms with van der Waals surface area (Å²) in [4.78, 5) is 0. The zero-order valence-electron chi connectivity index (χ0n) is 18.8. The van der Waals surface area contributed by atoms with Crippen LogP contribution in [0, 0.1) is 46.3 Å². The van der Waals surface area contributed by atoms with Gasteiger partial charge in [-0.05, 0) is 105 Å². The van der Waals surface area contributed by atoms with Gasteiger partial charge in [-0.1, -0.05) is 20.3 Å². The molecule has 28 heavy (non-hydrogen) atoms. The van der Waals surface area contributed by atoms with Crippen molar-refractivity contribution in [2.24, 2.45) is 46.3 Å². The number of aliphatic hydroxyl groups excluding tert-OH is 1. The van der Waals surface area contributed by atoms with E-state index < -0.39 is 0 Å². The van der Waals surface area contributed by atoms with Crippen molar-refractivity contribution in [3.8, 4) is 0 Å². The quantitative estimate of drug-likeness (QED) is 0.623. The smallest absolute Gasteiger partial charge is 0.0700 e. The number of rotatable bonds is 6. The number of ether oxygens (including phenoxy) is 2. The lowest BCUT2D eigenvalue weighted by molar-refractivity contribution is -0.160. The third-order valence-corrected chi connectivity index (χ3v) is 10.1. The molecule has 4 aliphatic rings. The van der Waals surface area contributed by atoms with Gasteiger partial charge in [0, 0.05) is 7.11 Å². The molecule has 4 rings (SSSR count). The molecule has 0 bridgehead atoms. The normalized spacial score (nSPS) is 49.2. The fraction of sp³-hybridized carbons (Fsp3) is 1.00. The highest BCUT2D eigenvalue weighted by molar-refractivity contribution is 5.10. The van der Waals surface area contributed by atoms with Crippen LogP contribution < -0.4 is 0 Å². The van der Waals surface area contributed by atoms with Gasteiger partial charge < -0.3 is 14.6 Å². The molecule has 4 aliphatic carbocycles. The largest absolute Gasteiger partial charge is 0.393 e. The molecule has 0 aromatic carbocycles. The molecule has 0 heterocycles. The Bertz CT molecular complexity index is 534. The molecule has 0 aliphatic heterocycles. The van der Waals surface area contributed by atoms with Crippen molar-refractivity contribution in [1.29, 1.82) is 0 Å². The lowest BCUT2D eigenvalue weighted by Crippen LogP contribution is -2.56. The number of methoxy groups -OCH3 is 1. The van der Waals surface area contributed by atoms with Crippen LogP contribution in [0.3, 0.4) is 0 Å². The number of hydrogen-bond donors (Lipinski definition) is 1. The second kappa shape index (κ2) is 8.19. The maximum absolute atomic E-state index is 10.5. The Kier molecular flexibility index (Phi) is 6.18. The molecule has 0 saturated heterocycles. The zero-order valence-corrected chi connectivity index (χ0v) is 18.8. The summed E-state index contributed by atoms with van der Waals surface area (Å²) in [7, 11) is 1.77. The van der Waals surface area contributed by atoms with E-state index in [1.165, 1.54) is 57.8 Å². The van der Waals surface area contributed by atoms with Gasteiger partial charge in [0.25, 0.3) is 0 Å². The second-order valence-corrected chi connectivity index (χ2v) is 11.3. The van der Waals surface area contributed by atoms with E-state index >= 15 is 0 Å². The minimum Gasteiger partial charge on any atom is -0.393 e.